The van der Waals surface area contributed by atoms with Gasteiger partial charge in [-0.2, -0.15) is 0 Å². The molecule has 2 fully saturated rings. The number of carbonyl (C=O) groups is 1. The van der Waals surface area contributed by atoms with Crippen molar-refractivity contribution < 1.29 is 4.79 Å². The average Bonchev–Trinajstić information content (AvgIpc) is 2.89. The lowest BCUT2D eigenvalue weighted by Crippen LogP contribution is -2.50. The third-order valence-corrected chi connectivity index (χ3v) is 4.57. The van der Waals surface area contributed by atoms with Gasteiger partial charge in [0.2, 0.25) is 0 Å². The fourth-order valence-corrected chi connectivity index (χ4v) is 3.14. The summed E-state index contributed by atoms with van der Waals surface area (Å²) in [6.45, 7) is 5.47. The molecule has 2 aliphatic rings. The number of likely N-dealkylation sites (N-methyl/N-ethyl adjacent to an activating group) is 1. The molecule has 0 aromatic rings. The quantitative estimate of drug-likeness (QED) is 0.814. The van der Waals surface area contributed by atoms with Gasteiger partial charge in [-0.15, -0.1) is 0 Å². The van der Waals surface area contributed by atoms with Gasteiger partial charge in [-0.1, -0.05) is 12.8 Å². The maximum Gasteiger partial charge on any atom is 0.320 e. The average molecular weight is 239 g/mol. The monoisotopic (exact) mass is 239 g/mol. The molecule has 1 heterocycles. The molecule has 17 heavy (non-hydrogen) atoms. The number of nitrogens with zero attached hydrogens (tertiary/aromatic N) is 2. The van der Waals surface area contributed by atoms with Crippen LogP contribution < -0.4 is 5.73 Å². The van der Waals surface area contributed by atoms with Gasteiger partial charge >= 0.3 is 6.03 Å². The Labute approximate surface area is 104 Å². The highest BCUT2D eigenvalue weighted by atomic mass is 16.2. The number of nitrogens with two attached hydrogens (primary N) is 1. The summed E-state index contributed by atoms with van der Waals surface area (Å²) in [7, 11) is 1.94. The Kier molecular flexibility index (Phi) is 3.34. The minimum absolute atomic E-state index is 0.150. The van der Waals surface area contributed by atoms with Gasteiger partial charge in [0.15, 0.2) is 0 Å². The van der Waals surface area contributed by atoms with Gasteiger partial charge in [-0.25, -0.2) is 4.79 Å². The Morgan fingerprint density at radius 2 is 1.94 bits per heavy atom. The Morgan fingerprint density at radius 3 is 2.47 bits per heavy atom. The lowest BCUT2D eigenvalue weighted by Gasteiger charge is -2.33. The van der Waals surface area contributed by atoms with E-state index in [9.17, 15) is 4.79 Å². The molecule has 0 aromatic carbocycles. The van der Waals surface area contributed by atoms with Crippen molar-refractivity contribution in [1.82, 2.24) is 9.80 Å². The Morgan fingerprint density at radius 1 is 1.35 bits per heavy atom. The zero-order chi connectivity index (χ0) is 12.6. The summed E-state index contributed by atoms with van der Waals surface area (Å²) in [4.78, 5) is 16.2. The fraction of sp³-hybridized carbons (Fsp3) is 0.923. The van der Waals surface area contributed by atoms with Crippen LogP contribution in [0.3, 0.4) is 0 Å². The van der Waals surface area contributed by atoms with E-state index in [1.54, 1.807) is 0 Å². The van der Waals surface area contributed by atoms with E-state index in [1.165, 1.54) is 25.7 Å². The van der Waals surface area contributed by atoms with Crippen LogP contribution >= 0.6 is 0 Å². The minimum Gasteiger partial charge on any atom is -0.328 e. The number of carbonyl (C=O) groups excluding carboxylic acids is 1. The summed E-state index contributed by atoms with van der Waals surface area (Å²) >= 11 is 0. The van der Waals surface area contributed by atoms with Crippen molar-refractivity contribution in [3.8, 4) is 0 Å². The molecule has 2 amide bonds. The molecule has 0 bridgehead atoms. The second-order valence-corrected chi connectivity index (χ2v) is 6.13. The van der Waals surface area contributed by atoms with Gasteiger partial charge in [0.05, 0.1) is 11.6 Å². The van der Waals surface area contributed by atoms with Crippen molar-refractivity contribution in [2.24, 2.45) is 11.7 Å². The fourth-order valence-electron chi connectivity index (χ4n) is 3.14. The van der Waals surface area contributed by atoms with E-state index in [0.29, 0.717) is 18.5 Å². The lowest BCUT2D eigenvalue weighted by atomic mass is 9.96. The Balaban J connectivity index is 2.11. The number of hydrogen-bond acceptors (Lipinski definition) is 2. The first-order chi connectivity index (χ1) is 7.97. The Bertz CT molecular complexity index is 297. The van der Waals surface area contributed by atoms with E-state index >= 15 is 0 Å². The molecular weight excluding hydrogens is 214 g/mol. The molecule has 1 saturated heterocycles. The lowest BCUT2D eigenvalue weighted by molar-refractivity contribution is 0.154. The second-order valence-electron chi connectivity index (χ2n) is 6.13. The number of amides is 2. The molecule has 0 spiro atoms. The van der Waals surface area contributed by atoms with Crippen molar-refractivity contribution in [1.29, 1.82) is 0 Å². The second kappa shape index (κ2) is 4.48. The predicted molar refractivity (Wildman–Crippen MR) is 68.7 cm³/mol. The van der Waals surface area contributed by atoms with Gasteiger partial charge in [-0.05, 0) is 32.6 Å². The zero-order valence-electron chi connectivity index (χ0n) is 11.3. The van der Waals surface area contributed by atoms with Crippen molar-refractivity contribution in [2.75, 3.05) is 20.1 Å². The summed E-state index contributed by atoms with van der Waals surface area (Å²) in [5.41, 5.74) is 5.56. The highest BCUT2D eigenvalue weighted by molar-refractivity contribution is 5.77. The van der Waals surface area contributed by atoms with Crippen molar-refractivity contribution in [3.05, 3.63) is 0 Å². The van der Waals surface area contributed by atoms with Crippen LogP contribution in [0, 0.1) is 5.92 Å². The van der Waals surface area contributed by atoms with Crippen LogP contribution in [-0.4, -0.2) is 47.5 Å². The summed E-state index contributed by atoms with van der Waals surface area (Å²) in [6, 6.07) is 0.549. The van der Waals surface area contributed by atoms with Gasteiger partial charge in [0.1, 0.15) is 0 Å². The smallest absolute Gasteiger partial charge is 0.320 e. The molecule has 0 radical (unpaired) electrons. The Hall–Kier alpha value is -0.770. The van der Waals surface area contributed by atoms with Crippen LogP contribution in [0.25, 0.3) is 0 Å². The maximum atomic E-state index is 12.3. The molecule has 2 rings (SSSR count). The maximum absolute atomic E-state index is 12.3. The van der Waals surface area contributed by atoms with Gasteiger partial charge in [0.25, 0.3) is 0 Å². The van der Waals surface area contributed by atoms with Crippen LogP contribution in [0.4, 0.5) is 4.79 Å². The molecule has 98 valence electrons. The molecule has 4 heteroatoms. The van der Waals surface area contributed by atoms with E-state index < -0.39 is 0 Å². The number of rotatable bonds is 3. The summed E-state index contributed by atoms with van der Waals surface area (Å²) in [6.07, 6.45) is 5.20. The van der Waals surface area contributed by atoms with Gasteiger partial charge in [-0.3, -0.25) is 0 Å². The predicted octanol–water partition coefficient (Wildman–Crippen LogP) is 1.65. The first-order valence-corrected chi connectivity index (χ1v) is 6.72. The van der Waals surface area contributed by atoms with Crippen molar-refractivity contribution in [3.63, 3.8) is 0 Å². The van der Waals surface area contributed by atoms with Crippen LogP contribution in [-0.2, 0) is 0 Å². The summed E-state index contributed by atoms with van der Waals surface area (Å²) < 4.78 is 0. The molecule has 1 aliphatic carbocycles. The van der Waals surface area contributed by atoms with Crippen molar-refractivity contribution in [2.45, 2.75) is 51.1 Å². The topological polar surface area (TPSA) is 49.6 Å². The zero-order valence-corrected chi connectivity index (χ0v) is 11.3. The van der Waals surface area contributed by atoms with E-state index in [2.05, 4.69) is 13.8 Å². The molecule has 2 N–H and O–H groups in total. The molecular formula is C13H25N3O. The highest BCUT2D eigenvalue weighted by Crippen LogP contribution is 2.35. The third kappa shape index (κ3) is 2.15. The minimum atomic E-state index is -0.224. The van der Waals surface area contributed by atoms with Crippen LogP contribution in [0.2, 0.25) is 0 Å². The summed E-state index contributed by atoms with van der Waals surface area (Å²) in [5.74, 6) is 0.697. The molecule has 1 atom stereocenters. The normalized spacial score (nSPS) is 27.3. The summed E-state index contributed by atoms with van der Waals surface area (Å²) in [5, 5.41) is 0. The molecule has 1 unspecified atom stereocenters. The SMILES string of the molecule is CN1C(=O)N(C(C)(C)CN)CC1C1CCCC1. The number of urea groups is 1. The highest BCUT2D eigenvalue weighted by Gasteiger charge is 2.44. The largest absolute Gasteiger partial charge is 0.328 e. The molecule has 4 nitrogen and oxygen atoms in total. The number of hydrogen-bond donors (Lipinski definition) is 1. The molecule has 1 aliphatic heterocycles. The third-order valence-electron chi connectivity index (χ3n) is 4.57. The standard InChI is InChI=1S/C13H25N3O/c1-13(2,9-14)16-8-11(15(3)12(16)17)10-6-4-5-7-10/h10-11H,4-9,14H2,1-3H3. The first kappa shape index (κ1) is 12.7. The first-order valence-electron chi connectivity index (χ1n) is 6.72. The van der Waals surface area contributed by atoms with E-state index in [0.717, 1.165) is 6.54 Å². The van der Waals surface area contributed by atoms with Crippen LogP contribution in [0.15, 0.2) is 0 Å². The van der Waals surface area contributed by atoms with Crippen LogP contribution in [0.5, 0.6) is 0 Å². The molecule has 1 saturated carbocycles. The van der Waals surface area contributed by atoms with Gasteiger partial charge in [0, 0.05) is 20.1 Å². The molecule has 0 aromatic heterocycles. The van der Waals surface area contributed by atoms with Crippen LogP contribution in [0.1, 0.15) is 39.5 Å². The van der Waals surface area contributed by atoms with Crippen molar-refractivity contribution >= 4 is 6.03 Å². The van der Waals surface area contributed by atoms with E-state index in [-0.39, 0.29) is 11.6 Å². The van der Waals surface area contributed by atoms with E-state index in [1.807, 2.05) is 16.8 Å². The van der Waals surface area contributed by atoms with E-state index in [4.69, 9.17) is 5.73 Å². The van der Waals surface area contributed by atoms with Gasteiger partial charge < -0.3 is 15.5 Å².